The quantitative estimate of drug-likeness (QED) is 0.630. The van der Waals surface area contributed by atoms with Gasteiger partial charge in [-0.05, 0) is 29.9 Å². The van der Waals surface area contributed by atoms with Crippen LogP contribution in [0.1, 0.15) is 30.6 Å². The molecular weight excluding hydrogens is 248 g/mol. The molecule has 1 saturated carbocycles. The number of rotatable bonds is 5. The minimum absolute atomic E-state index is 0.287. The number of carboxylic acids is 1. The van der Waals surface area contributed by atoms with Crippen LogP contribution in [0.3, 0.4) is 0 Å². The minimum atomic E-state index is -1.29. The second-order valence-electron chi connectivity index (χ2n) is 5.56. The number of carbonyl (C=O) groups is 1. The molecular formula is C13H16N2O4. The number of nitro groups is 1. The molecule has 1 aliphatic carbocycles. The largest absolute Gasteiger partial charge is 0.477 e. The van der Waals surface area contributed by atoms with Gasteiger partial charge in [0.2, 0.25) is 0 Å². The van der Waals surface area contributed by atoms with Gasteiger partial charge in [0, 0.05) is 18.3 Å². The molecule has 0 saturated heterocycles. The predicted molar refractivity (Wildman–Crippen MR) is 70.4 cm³/mol. The summed E-state index contributed by atoms with van der Waals surface area (Å²) in [7, 11) is 0. The summed E-state index contributed by atoms with van der Waals surface area (Å²) < 4.78 is 0. The molecule has 1 unspecified atom stereocenters. The van der Waals surface area contributed by atoms with Crippen LogP contribution in [0.5, 0.6) is 0 Å². The van der Waals surface area contributed by atoms with Gasteiger partial charge in [0.1, 0.15) is 5.56 Å². The minimum Gasteiger partial charge on any atom is -0.477 e. The topological polar surface area (TPSA) is 92.5 Å². The molecule has 19 heavy (non-hydrogen) atoms. The third kappa shape index (κ3) is 2.83. The maximum absolute atomic E-state index is 11.0. The fraction of sp³-hybridized carbons (Fsp3) is 0.462. The Bertz CT molecular complexity index is 539. The first-order chi connectivity index (χ1) is 8.81. The van der Waals surface area contributed by atoms with E-state index >= 15 is 0 Å². The van der Waals surface area contributed by atoms with Crippen LogP contribution in [0.15, 0.2) is 18.2 Å². The highest BCUT2D eigenvalue weighted by Gasteiger charge is 2.44. The summed E-state index contributed by atoms with van der Waals surface area (Å²) in [5.74, 6) is -0.724. The van der Waals surface area contributed by atoms with Crippen molar-refractivity contribution in [1.29, 1.82) is 0 Å². The third-order valence-electron chi connectivity index (χ3n) is 3.69. The van der Waals surface area contributed by atoms with Crippen LogP contribution in [0, 0.1) is 21.4 Å². The molecule has 1 fully saturated rings. The van der Waals surface area contributed by atoms with E-state index < -0.39 is 10.9 Å². The van der Waals surface area contributed by atoms with Crippen molar-refractivity contribution in [3.63, 3.8) is 0 Å². The lowest BCUT2D eigenvalue weighted by molar-refractivity contribution is -0.385. The van der Waals surface area contributed by atoms with Crippen LogP contribution in [-0.4, -0.2) is 22.5 Å². The van der Waals surface area contributed by atoms with Crippen LogP contribution in [0.2, 0.25) is 0 Å². The van der Waals surface area contributed by atoms with Gasteiger partial charge in [0.25, 0.3) is 5.69 Å². The second kappa shape index (κ2) is 4.53. The summed E-state index contributed by atoms with van der Waals surface area (Å²) in [5, 5.41) is 22.8. The highest BCUT2D eigenvalue weighted by molar-refractivity contribution is 5.93. The molecule has 1 aliphatic rings. The monoisotopic (exact) mass is 264 g/mol. The number of aromatic carboxylic acids is 1. The first-order valence-electron chi connectivity index (χ1n) is 6.07. The Morgan fingerprint density at radius 2 is 2.21 bits per heavy atom. The van der Waals surface area contributed by atoms with E-state index in [-0.39, 0.29) is 11.3 Å². The molecule has 0 heterocycles. The number of carboxylic acid groups (broad SMARTS) is 1. The van der Waals surface area contributed by atoms with Gasteiger partial charge in [0.15, 0.2) is 0 Å². The molecule has 6 nitrogen and oxygen atoms in total. The fourth-order valence-corrected chi connectivity index (χ4v) is 2.14. The Labute approximate surface area is 110 Å². The maximum atomic E-state index is 11.0. The standard InChI is InChI=1S/C13H16N2O4/c1-13(2)6-8(13)7-14-9-3-4-11(15(18)19)10(5-9)12(16)17/h3-5,8,14H,6-7H2,1-2H3,(H,16,17). The van der Waals surface area contributed by atoms with E-state index in [1.807, 2.05) is 0 Å². The van der Waals surface area contributed by atoms with Gasteiger partial charge >= 0.3 is 5.97 Å². The molecule has 1 atom stereocenters. The van der Waals surface area contributed by atoms with E-state index in [0.29, 0.717) is 17.0 Å². The van der Waals surface area contributed by atoms with Gasteiger partial charge in [-0.15, -0.1) is 0 Å². The Morgan fingerprint density at radius 3 is 2.68 bits per heavy atom. The second-order valence-corrected chi connectivity index (χ2v) is 5.56. The smallest absolute Gasteiger partial charge is 0.342 e. The maximum Gasteiger partial charge on any atom is 0.342 e. The van der Waals surface area contributed by atoms with Crippen molar-refractivity contribution in [3.8, 4) is 0 Å². The molecule has 0 bridgehead atoms. The highest BCUT2D eigenvalue weighted by atomic mass is 16.6. The summed E-state index contributed by atoms with van der Waals surface area (Å²) in [6, 6.07) is 4.08. The van der Waals surface area contributed by atoms with Crippen LogP contribution in [-0.2, 0) is 0 Å². The van der Waals surface area contributed by atoms with Crippen molar-refractivity contribution >= 4 is 17.3 Å². The Hall–Kier alpha value is -2.11. The van der Waals surface area contributed by atoms with E-state index in [9.17, 15) is 14.9 Å². The van der Waals surface area contributed by atoms with Crippen LogP contribution >= 0.6 is 0 Å². The van der Waals surface area contributed by atoms with E-state index in [2.05, 4.69) is 19.2 Å². The zero-order valence-electron chi connectivity index (χ0n) is 10.8. The van der Waals surface area contributed by atoms with E-state index in [0.717, 1.165) is 13.0 Å². The lowest BCUT2D eigenvalue weighted by atomic mass is 10.1. The van der Waals surface area contributed by atoms with Gasteiger partial charge < -0.3 is 10.4 Å². The van der Waals surface area contributed by atoms with Crippen molar-refractivity contribution in [2.24, 2.45) is 11.3 Å². The van der Waals surface area contributed by atoms with Gasteiger partial charge in [-0.2, -0.15) is 0 Å². The number of benzene rings is 1. The number of nitro benzene ring substituents is 1. The number of hydrogen-bond donors (Lipinski definition) is 2. The van der Waals surface area contributed by atoms with Crippen LogP contribution < -0.4 is 5.32 Å². The van der Waals surface area contributed by atoms with Gasteiger partial charge in [-0.1, -0.05) is 13.8 Å². The zero-order chi connectivity index (χ0) is 14.2. The zero-order valence-corrected chi connectivity index (χ0v) is 10.8. The molecule has 0 aliphatic heterocycles. The normalized spacial score (nSPS) is 19.8. The summed E-state index contributed by atoms with van der Waals surface area (Å²) in [5.41, 5.74) is 0.268. The SMILES string of the molecule is CC1(C)CC1CNc1ccc([N+](=O)[O-])c(C(=O)O)c1. The van der Waals surface area contributed by atoms with Crippen molar-refractivity contribution in [2.45, 2.75) is 20.3 Å². The van der Waals surface area contributed by atoms with Gasteiger partial charge in [0.05, 0.1) is 4.92 Å². The molecule has 2 rings (SSSR count). The Kier molecular flexibility index (Phi) is 3.18. The number of hydrogen-bond acceptors (Lipinski definition) is 4. The van der Waals surface area contributed by atoms with E-state index in [1.165, 1.54) is 12.1 Å². The van der Waals surface area contributed by atoms with Gasteiger partial charge in [-0.25, -0.2) is 4.79 Å². The molecule has 0 spiro atoms. The van der Waals surface area contributed by atoms with E-state index in [4.69, 9.17) is 5.11 Å². The lowest BCUT2D eigenvalue weighted by Gasteiger charge is -2.08. The summed E-state index contributed by atoms with van der Waals surface area (Å²) >= 11 is 0. The molecule has 1 aromatic carbocycles. The van der Waals surface area contributed by atoms with Crippen molar-refractivity contribution in [3.05, 3.63) is 33.9 Å². The molecule has 2 N–H and O–H groups in total. The van der Waals surface area contributed by atoms with Gasteiger partial charge in [-0.3, -0.25) is 10.1 Å². The first kappa shape index (κ1) is 13.3. The molecule has 0 radical (unpaired) electrons. The molecule has 1 aromatic rings. The number of anilines is 1. The summed E-state index contributed by atoms with van der Waals surface area (Å²) in [6.45, 7) is 5.11. The van der Waals surface area contributed by atoms with Crippen LogP contribution in [0.4, 0.5) is 11.4 Å². The first-order valence-corrected chi connectivity index (χ1v) is 6.07. The lowest BCUT2D eigenvalue weighted by Crippen LogP contribution is -2.09. The average Bonchev–Trinajstić information content (AvgIpc) is 2.94. The van der Waals surface area contributed by atoms with Crippen LogP contribution in [0.25, 0.3) is 0 Å². The van der Waals surface area contributed by atoms with Crippen molar-refractivity contribution in [1.82, 2.24) is 0 Å². The third-order valence-corrected chi connectivity index (χ3v) is 3.69. The predicted octanol–water partition coefficient (Wildman–Crippen LogP) is 2.75. The molecule has 0 amide bonds. The summed E-state index contributed by atoms with van der Waals surface area (Å²) in [4.78, 5) is 21.0. The van der Waals surface area contributed by atoms with Crippen molar-refractivity contribution in [2.75, 3.05) is 11.9 Å². The highest BCUT2D eigenvalue weighted by Crippen LogP contribution is 2.51. The molecule has 102 valence electrons. The Morgan fingerprint density at radius 1 is 1.58 bits per heavy atom. The Balaban J connectivity index is 2.12. The fourth-order valence-electron chi connectivity index (χ4n) is 2.14. The number of nitrogens with one attached hydrogen (secondary N) is 1. The number of nitrogens with zero attached hydrogens (tertiary/aromatic N) is 1. The molecule has 6 heteroatoms. The summed E-state index contributed by atoms with van der Waals surface area (Å²) in [6.07, 6.45) is 1.14. The molecule has 0 aromatic heterocycles. The van der Waals surface area contributed by atoms with Crippen molar-refractivity contribution < 1.29 is 14.8 Å². The average molecular weight is 264 g/mol. The van der Waals surface area contributed by atoms with E-state index in [1.54, 1.807) is 6.07 Å².